The first-order valence-corrected chi connectivity index (χ1v) is 12.0. The van der Waals surface area contributed by atoms with Crippen molar-refractivity contribution < 1.29 is 14.3 Å². The summed E-state index contributed by atoms with van der Waals surface area (Å²) in [7, 11) is 0. The van der Waals surface area contributed by atoms with E-state index in [0.29, 0.717) is 70.1 Å². The number of carbonyl (C=O) groups is 2. The molecule has 1 fully saturated rings. The van der Waals surface area contributed by atoms with Crippen LogP contribution in [0.2, 0.25) is 0 Å². The normalized spacial score (nSPS) is 14.2. The molecule has 0 saturated carbocycles. The van der Waals surface area contributed by atoms with Crippen molar-refractivity contribution in [1.29, 1.82) is 0 Å². The molecule has 176 valence electrons. The first kappa shape index (κ1) is 23.4. The van der Waals surface area contributed by atoms with Crippen LogP contribution >= 0.6 is 15.9 Å². The van der Waals surface area contributed by atoms with Gasteiger partial charge in [-0.3, -0.25) is 9.59 Å². The van der Waals surface area contributed by atoms with Gasteiger partial charge in [0.1, 0.15) is 11.3 Å². The Labute approximate surface area is 201 Å². The summed E-state index contributed by atoms with van der Waals surface area (Å²) >= 11 is 3.50. The van der Waals surface area contributed by atoms with Gasteiger partial charge in [-0.2, -0.15) is 0 Å². The highest BCUT2D eigenvalue weighted by atomic mass is 79.9. The van der Waals surface area contributed by atoms with Crippen LogP contribution in [-0.4, -0.2) is 69.0 Å². The van der Waals surface area contributed by atoms with Crippen LogP contribution in [0.25, 0.3) is 21.9 Å². The number of benzene rings is 1. The molecule has 33 heavy (non-hydrogen) atoms. The van der Waals surface area contributed by atoms with Gasteiger partial charge in [0.05, 0.1) is 30.8 Å². The van der Waals surface area contributed by atoms with Gasteiger partial charge in [-0.25, -0.2) is 9.97 Å². The zero-order chi connectivity index (χ0) is 23.5. The number of ether oxygens (including phenoxy) is 1. The van der Waals surface area contributed by atoms with Crippen LogP contribution in [0.4, 0.5) is 5.82 Å². The number of nitrogens with two attached hydrogens (primary N) is 1. The third-order valence-corrected chi connectivity index (χ3v) is 6.53. The highest BCUT2D eigenvalue weighted by Crippen LogP contribution is 2.31. The Hall–Kier alpha value is -2.72. The van der Waals surface area contributed by atoms with Gasteiger partial charge in [0.25, 0.3) is 0 Å². The summed E-state index contributed by atoms with van der Waals surface area (Å²) in [6.45, 7) is 7.50. The number of carbonyl (C=O) groups excluding carboxylic acids is 2. The van der Waals surface area contributed by atoms with Crippen molar-refractivity contribution in [3.8, 4) is 0 Å². The van der Waals surface area contributed by atoms with Crippen molar-refractivity contribution in [1.82, 2.24) is 24.3 Å². The number of anilines is 1. The van der Waals surface area contributed by atoms with E-state index in [9.17, 15) is 9.59 Å². The van der Waals surface area contributed by atoms with Gasteiger partial charge >= 0.3 is 0 Å². The fraction of sp³-hybridized carbons (Fsp3) is 0.478. The minimum Gasteiger partial charge on any atom is -0.382 e. The van der Waals surface area contributed by atoms with Crippen molar-refractivity contribution in [2.45, 2.75) is 39.8 Å². The first-order chi connectivity index (χ1) is 15.9. The van der Waals surface area contributed by atoms with E-state index in [4.69, 9.17) is 15.5 Å². The molecule has 2 N–H and O–H groups in total. The Morgan fingerprint density at radius 1 is 1.24 bits per heavy atom. The number of amides is 2. The molecule has 0 atom stereocenters. The molecule has 0 radical (unpaired) electrons. The van der Waals surface area contributed by atoms with Crippen LogP contribution < -0.4 is 5.73 Å². The van der Waals surface area contributed by atoms with E-state index in [1.54, 1.807) is 11.8 Å². The Morgan fingerprint density at radius 2 is 2.00 bits per heavy atom. The summed E-state index contributed by atoms with van der Waals surface area (Å²) in [4.78, 5) is 37.7. The van der Waals surface area contributed by atoms with Crippen LogP contribution in [0, 0.1) is 0 Å². The lowest BCUT2D eigenvalue weighted by Gasteiger charge is -2.27. The Balaban J connectivity index is 1.70. The molecule has 1 aromatic carbocycles. The molecule has 0 aliphatic carbocycles. The number of fused-ring (bicyclic) bond motifs is 3. The highest BCUT2D eigenvalue weighted by Gasteiger charge is 2.21. The summed E-state index contributed by atoms with van der Waals surface area (Å²) in [5, 5.41) is 0.937. The third-order valence-electron chi connectivity index (χ3n) is 6.04. The molecule has 4 rings (SSSR count). The lowest BCUT2D eigenvalue weighted by atomic mass is 10.2. The van der Waals surface area contributed by atoms with E-state index < -0.39 is 0 Å². The molecule has 2 aromatic heterocycles. The monoisotopic (exact) mass is 516 g/mol. The largest absolute Gasteiger partial charge is 0.382 e. The van der Waals surface area contributed by atoms with Gasteiger partial charge in [-0.05, 0) is 31.5 Å². The van der Waals surface area contributed by atoms with Crippen LogP contribution in [0.1, 0.15) is 32.5 Å². The van der Waals surface area contributed by atoms with E-state index in [1.165, 1.54) is 0 Å². The number of rotatable bonds is 7. The number of nitrogen functional groups attached to an aromatic ring is 1. The third kappa shape index (κ3) is 4.96. The van der Waals surface area contributed by atoms with Crippen molar-refractivity contribution in [3.63, 3.8) is 0 Å². The van der Waals surface area contributed by atoms with Gasteiger partial charge in [0.2, 0.25) is 11.8 Å². The van der Waals surface area contributed by atoms with Crippen molar-refractivity contribution in [3.05, 3.63) is 28.5 Å². The van der Waals surface area contributed by atoms with Crippen molar-refractivity contribution >= 4 is 55.5 Å². The first-order valence-electron chi connectivity index (χ1n) is 11.2. The van der Waals surface area contributed by atoms with Gasteiger partial charge in [-0.15, -0.1) is 0 Å². The van der Waals surface area contributed by atoms with Gasteiger partial charge in [0, 0.05) is 49.4 Å². The number of imidazole rings is 1. The second kappa shape index (κ2) is 10.0. The second-order valence-electron chi connectivity index (χ2n) is 8.17. The number of halogens is 1. The topological polar surface area (TPSA) is 107 Å². The molecule has 1 saturated heterocycles. The van der Waals surface area contributed by atoms with Gasteiger partial charge < -0.3 is 24.8 Å². The quantitative estimate of drug-likeness (QED) is 0.517. The maximum atomic E-state index is 12.6. The molecular formula is C23H29BrN6O3. The summed E-state index contributed by atoms with van der Waals surface area (Å²) in [6, 6.07) is 5.89. The number of nitrogens with zero attached hydrogens (tertiary/aromatic N) is 5. The van der Waals surface area contributed by atoms with E-state index >= 15 is 0 Å². The maximum absolute atomic E-state index is 12.6. The van der Waals surface area contributed by atoms with E-state index in [1.807, 2.05) is 30.0 Å². The second-order valence-corrected chi connectivity index (χ2v) is 9.08. The number of hydrogen-bond donors (Lipinski definition) is 1. The maximum Gasteiger partial charge on any atom is 0.222 e. The molecule has 0 bridgehead atoms. The standard InChI is InChI=1S/C23H29BrN6O3/c1-3-28(15(2)31)14-19-27-21-22(17-7-6-16(24)13-18(17)26-23(21)25)30(19)8-4-5-20(32)29-9-11-33-12-10-29/h6-7,13H,3-5,8-12,14H2,1-2H3,(H2,25,26). The number of hydrogen-bond acceptors (Lipinski definition) is 6. The predicted molar refractivity (Wildman–Crippen MR) is 131 cm³/mol. The average Bonchev–Trinajstić information content (AvgIpc) is 3.16. The summed E-state index contributed by atoms with van der Waals surface area (Å²) in [5.74, 6) is 1.22. The van der Waals surface area contributed by atoms with Crippen LogP contribution in [0.15, 0.2) is 22.7 Å². The molecule has 1 aliphatic rings. The van der Waals surface area contributed by atoms with Crippen LogP contribution in [-0.2, 0) is 27.4 Å². The molecule has 10 heteroatoms. The van der Waals surface area contributed by atoms with Gasteiger partial charge in [-0.1, -0.05) is 15.9 Å². The van der Waals surface area contributed by atoms with Crippen LogP contribution in [0.3, 0.4) is 0 Å². The zero-order valence-electron chi connectivity index (χ0n) is 19.0. The van der Waals surface area contributed by atoms with Crippen molar-refractivity contribution in [2.75, 3.05) is 38.6 Å². The van der Waals surface area contributed by atoms with E-state index in [-0.39, 0.29) is 11.8 Å². The molecule has 2 amide bonds. The summed E-state index contributed by atoms with van der Waals surface area (Å²) < 4.78 is 8.36. The fourth-order valence-corrected chi connectivity index (χ4v) is 4.62. The number of aromatic nitrogens is 3. The molecule has 9 nitrogen and oxygen atoms in total. The van der Waals surface area contributed by atoms with Crippen molar-refractivity contribution in [2.24, 2.45) is 0 Å². The SMILES string of the molecule is CCN(Cc1nc2c(N)nc3cc(Br)ccc3c2n1CCCC(=O)N1CCOCC1)C(C)=O. The average molecular weight is 517 g/mol. The van der Waals surface area contributed by atoms with E-state index in [2.05, 4.69) is 25.5 Å². The molecule has 3 heterocycles. The smallest absolute Gasteiger partial charge is 0.222 e. The molecular weight excluding hydrogens is 488 g/mol. The highest BCUT2D eigenvalue weighted by molar-refractivity contribution is 9.10. The predicted octanol–water partition coefficient (Wildman–Crippen LogP) is 2.94. The Kier molecular flexibility index (Phi) is 7.14. The minimum atomic E-state index is -0.0153. The minimum absolute atomic E-state index is 0.0153. The molecule has 3 aromatic rings. The number of morpholine rings is 1. The molecule has 0 spiro atoms. The Morgan fingerprint density at radius 3 is 2.70 bits per heavy atom. The zero-order valence-corrected chi connectivity index (χ0v) is 20.6. The lowest BCUT2D eigenvalue weighted by molar-refractivity contribution is -0.135. The van der Waals surface area contributed by atoms with E-state index in [0.717, 1.165) is 26.7 Å². The Bertz CT molecular complexity index is 1190. The summed E-state index contributed by atoms with van der Waals surface area (Å²) in [6.07, 6.45) is 1.09. The van der Waals surface area contributed by atoms with Gasteiger partial charge in [0.15, 0.2) is 5.82 Å². The molecule has 0 unspecified atom stereocenters. The number of pyridine rings is 1. The molecule has 1 aliphatic heterocycles. The fourth-order valence-electron chi connectivity index (χ4n) is 4.27. The summed E-state index contributed by atoms with van der Waals surface area (Å²) in [5.41, 5.74) is 8.58. The number of aryl methyl sites for hydroxylation is 1. The van der Waals surface area contributed by atoms with Crippen LogP contribution in [0.5, 0.6) is 0 Å². The lowest BCUT2D eigenvalue weighted by Crippen LogP contribution is -2.40.